The van der Waals surface area contributed by atoms with Crippen LogP contribution in [-0.4, -0.2) is 38.6 Å². The Kier molecular flexibility index (Phi) is 7.58. The molecule has 3 N–H and O–H groups in total. The van der Waals surface area contributed by atoms with Crippen LogP contribution in [0.3, 0.4) is 0 Å². The van der Waals surface area contributed by atoms with Crippen LogP contribution in [-0.2, 0) is 9.59 Å². The second kappa shape index (κ2) is 10.6. The lowest BCUT2D eigenvalue weighted by atomic mass is 10.2. The summed E-state index contributed by atoms with van der Waals surface area (Å²) in [5, 5.41) is 9.24. The minimum absolute atomic E-state index is 0.0323. The Balaban J connectivity index is 1.47. The molecule has 2 aromatic rings. The lowest BCUT2D eigenvalue weighted by molar-refractivity contribution is -0.124. The van der Waals surface area contributed by atoms with E-state index in [1.807, 2.05) is 36.4 Å². The van der Waals surface area contributed by atoms with Crippen molar-refractivity contribution in [2.45, 2.75) is 6.42 Å². The Hall–Kier alpha value is -3.43. The number of hydrogen-bond acceptors (Lipinski definition) is 6. The number of thioether (sulfide) groups is 1. The molecule has 7 nitrogen and oxygen atoms in total. The van der Waals surface area contributed by atoms with E-state index in [4.69, 9.17) is 12.2 Å². The number of carbonyl (C=O) groups excluding carboxylic acids is 3. The first-order valence-electron chi connectivity index (χ1n) is 9.29. The molecule has 0 atom stereocenters. The van der Waals surface area contributed by atoms with Crippen molar-refractivity contribution in [1.29, 1.82) is 0 Å². The summed E-state index contributed by atoms with van der Waals surface area (Å²) < 4.78 is 0.380. The largest absolute Gasteiger partial charge is 0.508 e. The molecule has 1 aliphatic rings. The monoisotopic (exact) mass is 453 g/mol. The highest BCUT2D eigenvalue weighted by Crippen LogP contribution is 2.31. The van der Waals surface area contributed by atoms with Gasteiger partial charge in [-0.25, -0.2) is 0 Å². The van der Waals surface area contributed by atoms with Crippen molar-refractivity contribution in [3.05, 3.63) is 82.8 Å². The normalized spacial score (nSPS) is 15.0. The SMILES string of the molecule is O=C(CCN1C(=O)/C(=C/C=C/c2ccccc2)SC1=S)NNC(=O)c1ccc(O)cc1. The van der Waals surface area contributed by atoms with E-state index >= 15 is 0 Å². The van der Waals surface area contributed by atoms with Crippen molar-refractivity contribution in [3.8, 4) is 5.75 Å². The molecule has 1 heterocycles. The number of amides is 3. The lowest BCUT2D eigenvalue weighted by Gasteiger charge is -2.14. The van der Waals surface area contributed by atoms with Crippen molar-refractivity contribution in [1.82, 2.24) is 15.8 Å². The van der Waals surface area contributed by atoms with Gasteiger partial charge in [-0.1, -0.05) is 66.5 Å². The van der Waals surface area contributed by atoms with Crippen LogP contribution in [0.1, 0.15) is 22.3 Å². The van der Waals surface area contributed by atoms with Gasteiger partial charge in [0.15, 0.2) is 0 Å². The predicted molar refractivity (Wildman–Crippen MR) is 124 cm³/mol. The predicted octanol–water partition coefficient (Wildman–Crippen LogP) is 3.00. The molecule has 0 aromatic heterocycles. The van der Waals surface area contributed by atoms with Gasteiger partial charge in [-0.3, -0.25) is 30.1 Å². The molecule has 0 unspecified atom stereocenters. The number of allylic oxidation sites excluding steroid dienone is 2. The van der Waals surface area contributed by atoms with Crippen molar-refractivity contribution in [2.75, 3.05) is 6.54 Å². The molecule has 1 fully saturated rings. The van der Waals surface area contributed by atoms with E-state index in [9.17, 15) is 19.5 Å². The smallest absolute Gasteiger partial charge is 0.269 e. The van der Waals surface area contributed by atoms with Gasteiger partial charge in [-0.05, 0) is 35.9 Å². The lowest BCUT2D eigenvalue weighted by Crippen LogP contribution is -2.43. The van der Waals surface area contributed by atoms with Crippen LogP contribution in [0.2, 0.25) is 0 Å². The molecule has 31 heavy (non-hydrogen) atoms. The van der Waals surface area contributed by atoms with Crippen molar-refractivity contribution >= 4 is 52.1 Å². The van der Waals surface area contributed by atoms with E-state index in [0.29, 0.717) is 9.23 Å². The van der Waals surface area contributed by atoms with E-state index in [2.05, 4.69) is 10.9 Å². The number of benzene rings is 2. The number of phenols is 1. The molecule has 0 saturated carbocycles. The third-order valence-corrected chi connectivity index (χ3v) is 5.61. The number of aromatic hydroxyl groups is 1. The molecule has 158 valence electrons. The highest BCUT2D eigenvalue weighted by atomic mass is 32.2. The second-order valence-electron chi connectivity index (χ2n) is 6.42. The number of hydrazine groups is 1. The average Bonchev–Trinajstić information content (AvgIpc) is 3.04. The van der Waals surface area contributed by atoms with Gasteiger partial charge in [0.25, 0.3) is 11.8 Å². The molecule has 3 amide bonds. The fourth-order valence-electron chi connectivity index (χ4n) is 2.60. The highest BCUT2D eigenvalue weighted by molar-refractivity contribution is 8.26. The molecule has 0 aliphatic carbocycles. The van der Waals surface area contributed by atoms with Gasteiger partial charge in [0, 0.05) is 18.5 Å². The van der Waals surface area contributed by atoms with Crippen LogP contribution in [0.25, 0.3) is 6.08 Å². The number of nitrogens with zero attached hydrogens (tertiary/aromatic N) is 1. The second-order valence-corrected chi connectivity index (χ2v) is 8.10. The summed E-state index contributed by atoms with van der Waals surface area (Å²) >= 11 is 6.43. The Morgan fingerprint density at radius 3 is 2.48 bits per heavy atom. The number of hydrogen-bond donors (Lipinski definition) is 3. The minimum Gasteiger partial charge on any atom is -0.508 e. The van der Waals surface area contributed by atoms with Crippen LogP contribution in [0.15, 0.2) is 71.7 Å². The first-order valence-corrected chi connectivity index (χ1v) is 10.5. The Labute approximate surface area is 188 Å². The van der Waals surface area contributed by atoms with E-state index in [1.54, 1.807) is 12.2 Å². The summed E-state index contributed by atoms with van der Waals surface area (Å²) in [5.41, 5.74) is 5.88. The van der Waals surface area contributed by atoms with Gasteiger partial charge in [0.2, 0.25) is 5.91 Å². The average molecular weight is 454 g/mol. The van der Waals surface area contributed by atoms with Gasteiger partial charge in [-0.15, -0.1) is 0 Å². The number of nitrogens with one attached hydrogen (secondary N) is 2. The zero-order valence-electron chi connectivity index (χ0n) is 16.3. The number of thiocarbonyl (C=S) groups is 1. The quantitative estimate of drug-likeness (QED) is 0.353. The van der Waals surface area contributed by atoms with Gasteiger partial charge in [0.05, 0.1) is 4.91 Å². The fourth-order valence-corrected chi connectivity index (χ4v) is 3.87. The number of phenolic OH excluding ortho intramolecular Hbond substituents is 1. The first kappa shape index (κ1) is 22.3. The molecule has 2 aromatic carbocycles. The molecule has 0 radical (unpaired) electrons. The topological polar surface area (TPSA) is 98.7 Å². The van der Waals surface area contributed by atoms with E-state index in [1.165, 1.54) is 40.9 Å². The molecule has 1 aliphatic heterocycles. The van der Waals surface area contributed by atoms with E-state index < -0.39 is 11.8 Å². The van der Waals surface area contributed by atoms with Crippen molar-refractivity contribution in [2.24, 2.45) is 0 Å². The molecule has 9 heteroatoms. The summed E-state index contributed by atoms with van der Waals surface area (Å²) in [5.74, 6) is -1.21. The number of carbonyl (C=O) groups is 3. The maximum atomic E-state index is 12.5. The maximum Gasteiger partial charge on any atom is 0.269 e. The number of rotatable bonds is 6. The van der Waals surface area contributed by atoms with Crippen molar-refractivity contribution in [3.63, 3.8) is 0 Å². The van der Waals surface area contributed by atoms with Crippen LogP contribution in [0, 0.1) is 0 Å². The summed E-state index contributed by atoms with van der Waals surface area (Å²) in [6.07, 6.45) is 5.34. The van der Waals surface area contributed by atoms with Gasteiger partial charge in [-0.2, -0.15) is 0 Å². The Morgan fingerprint density at radius 1 is 1.06 bits per heavy atom. The molecule has 1 saturated heterocycles. The highest BCUT2D eigenvalue weighted by Gasteiger charge is 2.31. The van der Waals surface area contributed by atoms with Crippen LogP contribution >= 0.6 is 24.0 Å². The zero-order chi connectivity index (χ0) is 22.2. The maximum absolute atomic E-state index is 12.5. The minimum atomic E-state index is -0.521. The van der Waals surface area contributed by atoms with Gasteiger partial charge in [0.1, 0.15) is 10.1 Å². The van der Waals surface area contributed by atoms with Crippen LogP contribution in [0.5, 0.6) is 5.75 Å². The Bertz CT molecular complexity index is 1050. The van der Waals surface area contributed by atoms with Gasteiger partial charge >= 0.3 is 0 Å². The Morgan fingerprint density at radius 2 is 1.77 bits per heavy atom. The summed E-state index contributed by atoms with van der Waals surface area (Å²) in [4.78, 5) is 38.4. The third-order valence-electron chi connectivity index (χ3n) is 4.22. The van der Waals surface area contributed by atoms with Crippen molar-refractivity contribution < 1.29 is 19.5 Å². The zero-order valence-corrected chi connectivity index (χ0v) is 17.9. The summed E-state index contributed by atoms with van der Waals surface area (Å²) in [7, 11) is 0. The molecule has 0 spiro atoms. The van der Waals surface area contributed by atoms with Crippen LogP contribution in [0.4, 0.5) is 0 Å². The standard InChI is InChI=1S/C22H19N3O4S2/c26-17-11-9-16(10-12-17)20(28)24-23-19(27)13-14-25-21(29)18(31-22(25)30)8-4-7-15-5-2-1-3-6-15/h1-12,26H,13-14H2,(H,23,27)(H,24,28)/b7-4+,18-8-. The van der Waals surface area contributed by atoms with Crippen LogP contribution < -0.4 is 10.9 Å². The molecular weight excluding hydrogens is 434 g/mol. The van der Waals surface area contributed by atoms with E-state index in [-0.39, 0.29) is 30.2 Å². The summed E-state index contributed by atoms with van der Waals surface area (Å²) in [6, 6.07) is 15.3. The van der Waals surface area contributed by atoms with E-state index in [0.717, 1.165) is 5.56 Å². The molecular formula is C22H19N3O4S2. The fraction of sp³-hybridized carbons (Fsp3) is 0.0909. The first-order chi connectivity index (χ1) is 14.9. The third kappa shape index (κ3) is 6.27. The molecule has 3 rings (SSSR count). The summed E-state index contributed by atoms with van der Waals surface area (Å²) in [6.45, 7) is 0.102. The molecule has 0 bridgehead atoms. The van der Waals surface area contributed by atoms with Gasteiger partial charge < -0.3 is 5.11 Å².